The lowest BCUT2D eigenvalue weighted by molar-refractivity contribution is 0.0734. The normalized spacial score (nSPS) is 17.0. The van der Waals surface area contributed by atoms with E-state index in [4.69, 9.17) is 4.74 Å². The minimum Gasteiger partial charge on any atom is -0.423 e. The minimum atomic E-state index is -0.274. The number of aryl methyl sites for hydroxylation is 3. The lowest BCUT2D eigenvalue weighted by Gasteiger charge is -2.26. The standard InChI is InChI=1S/C23H28O2.3C2H6/c1-15-5-8-19(9-6-15)20-10-12-22(18(4)13-20)23(24)25-21-11-7-16(2)17(3)14-21;3*1-2/h7,10-15,19H,5-6,8-9H2,1-4H3;3*1-2H3. The third-order valence-corrected chi connectivity index (χ3v) is 5.65. The smallest absolute Gasteiger partial charge is 0.343 e. The molecule has 3 rings (SSSR count). The van der Waals surface area contributed by atoms with Gasteiger partial charge < -0.3 is 4.74 Å². The number of carbonyl (C=O) groups is 1. The summed E-state index contributed by atoms with van der Waals surface area (Å²) in [6.07, 6.45) is 5.13. The van der Waals surface area contributed by atoms with E-state index in [0.717, 1.165) is 17.0 Å². The Kier molecular flexibility index (Phi) is 14.6. The molecule has 1 aliphatic rings. The molecule has 0 aliphatic heterocycles. The molecule has 0 amide bonds. The van der Waals surface area contributed by atoms with Gasteiger partial charge in [0, 0.05) is 0 Å². The van der Waals surface area contributed by atoms with Crippen molar-refractivity contribution in [1.29, 1.82) is 0 Å². The van der Waals surface area contributed by atoms with Crippen molar-refractivity contribution in [1.82, 2.24) is 0 Å². The maximum absolute atomic E-state index is 12.5. The Morgan fingerprint density at radius 3 is 1.84 bits per heavy atom. The van der Waals surface area contributed by atoms with E-state index in [1.807, 2.05) is 79.7 Å². The molecule has 1 aliphatic carbocycles. The molecule has 0 aromatic heterocycles. The quantitative estimate of drug-likeness (QED) is 0.361. The molecule has 0 radical (unpaired) electrons. The molecule has 0 spiro atoms. The van der Waals surface area contributed by atoms with Crippen molar-refractivity contribution in [3.63, 3.8) is 0 Å². The molecule has 0 unspecified atom stereocenters. The molecule has 2 aromatic carbocycles. The third kappa shape index (κ3) is 8.89. The van der Waals surface area contributed by atoms with Crippen LogP contribution < -0.4 is 4.74 Å². The Bertz CT molecular complexity index is 768. The first kappa shape index (κ1) is 28.9. The van der Waals surface area contributed by atoms with Gasteiger partial charge in [0.25, 0.3) is 0 Å². The summed E-state index contributed by atoms with van der Waals surface area (Å²) in [5.74, 6) is 1.83. The van der Waals surface area contributed by atoms with Crippen LogP contribution in [0.3, 0.4) is 0 Å². The van der Waals surface area contributed by atoms with Gasteiger partial charge in [0.05, 0.1) is 5.56 Å². The minimum absolute atomic E-state index is 0.274. The van der Waals surface area contributed by atoms with Gasteiger partial charge in [-0.05, 0) is 85.9 Å². The van der Waals surface area contributed by atoms with Crippen molar-refractivity contribution in [2.45, 2.75) is 101 Å². The highest BCUT2D eigenvalue weighted by Crippen LogP contribution is 2.36. The molecule has 1 fully saturated rings. The topological polar surface area (TPSA) is 26.3 Å². The Balaban J connectivity index is 0.00000138. The van der Waals surface area contributed by atoms with Crippen LogP contribution in [0.15, 0.2) is 36.4 Å². The number of hydrogen-bond donors (Lipinski definition) is 0. The summed E-state index contributed by atoms with van der Waals surface area (Å²) in [7, 11) is 0. The Morgan fingerprint density at radius 1 is 0.742 bits per heavy atom. The zero-order valence-electron chi connectivity index (χ0n) is 21.8. The van der Waals surface area contributed by atoms with Gasteiger partial charge in [0.2, 0.25) is 0 Å². The fourth-order valence-corrected chi connectivity index (χ4v) is 3.70. The molecular formula is C29H46O2. The van der Waals surface area contributed by atoms with E-state index in [0.29, 0.717) is 17.2 Å². The molecule has 2 aromatic rings. The van der Waals surface area contributed by atoms with Crippen LogP contribution in [-0.2, 0) is 0 Å². The summed E-state index contributed by atoms with van der Waals surface area (Å²) in [4.78, 5) is 12.5. The Labute approximate surface area is 192 Å². The molecule has 2 heteroatoms. The fourth-order valence-electron chi connectivity index (χ4n) is 3.70. The molecule has 0 bridgehead atoms. The van der Waals surface area contributed by atoms with Gasteiger partial charge in [0.15, 0.2) is 0 Å². The maximum Gasteiger partial charge on any atom is 0.343 e. The molecule has 1 saturated carbocycles. The number of benzene rings is 2. The predicted molar refractivity (Wildman–Crippen MR) is 136 cm³/mol. The number of esters is 1. The summed E-state index contributed by atoms with van der Waals surface area (Å²) in [5.41, 5.74) is 5.36. The van der Waals surface area contributed by atoms with E-state index >= 15 is 0 Å². The first-order chi connectivity index (χ1) is 14.9. The van der Waals surface area contributed by atoms with Crippen LogP contribution in [0.4, 0.5) is 0 Å². The van der Waals surface area contributed by atoms with E-state index in [1.165, 1.54) is 36.8 Å². The molecule has 0 saturated heterocycles. The van der Waals surface area contributed by atoms with Gasteiger partial charge in [-0.1, -0.05) is 79.5 Å². The van der Waals surface area contributed by atoms with E-state index in [-0.39, 0.29) is 5.97 Å². The Morgan fingerprint density at radius 2 is 1.32 bits per heavy atom. The second-order valence-electron chi connectivity index (χ2n) is 7.67. The lowest BCUT2D eigenvalue weighted by atomic mass is 9.79. The fraction of sp³-hybridized carbons (Fsp3) is 0.552. The van der Waals surface area contributed by atoms with E-state index in [1.54, 1.807) is 0 Å². The van der Waals surface area contributed by atoms with Crippen LogP contribution in [0.25, 0.3) is 0 Å². The maximum atomic E-state index is 12.5. The summed E-state index contributed by atoms with van der Waals surface area (Å²) in [5, 5.41) is 0. The first-order valence-electron chi connectivity index (χ1n) is 12.3. The molecule has 174 valence electrons. The van der Waals surface area contributed by atoms with Gasteiger partial charge in [-0.3, -0.25) is 0 Å². The van der Waals surface area contributed by atoms with Crippen LogP contribution in [-0.4, -0.2) is 5.97 Å². The zero-order valence-corrected chi connectivity index (χ0v) is 21.8. The van der Waals surface area contributed by atoms with Crippen LogP contribution in [0.1, 0.15) is 113 Å². The monoisotopic (exact) mass is 426 g/mol. The van der Waals surface area contributed by atoms with Crippen LogP contribution >= 0.6 is 0 Å². The van der Waals surface area contributed by atoms with Crippen LogP contribution in [0.5, 0.6) is 5.75 Å². The third-order valence-electron chi connectivity index (χ3n) is 5.65. The summed E-state index contributed by atoms with van der Waals surface area (Å²) >= 11 is 0. The highest BCUT2D eigenvalue weighted by molar-refractivity contribution is 5.92. The molecule has 0 N–H and O–H groups in total. The van der Waals surface area contributed by atoms with Crippen LogP contribution in [0.2, 0.25) is 0 Å². The van der Waals surface area contributed by atoms with E-state index in [9.17, 15) is 4.79 Å². The van der Waals surface area contributed by atoms with Gasteiger partial charge in [0.1, 0.15) is 5.75 Å². The van der Waals surface area contributed by atoms with Gasteiger partial charge in [-0.15, -0.1) is 0 Å². The summed E-state index contributed by atoms with van der Waals surface area (Å²) < 4.78 is 5.58. The second-order valence-corrected chi connectivity index (χ2v) is 7.67. The summed E-state index contributed by atoms with van der Waals surface area (Å²) in [6, 6.07) is 12.0. The second kappa shape index (κ2) is 15.7. The number of rotatable bonds is 3. The van der Waals surface area contributed by atoms with Crippen molar-refractivity contribution in [2.24, 2.45) is 5.92 Å². The highest BCUT2D eigenvalue weighted by atomic mass is 16.5. The van der Waals surface area contributed by atoms with Crippen molar-refractivity contribution in [3.05, 3.63) is 64.2 Å². The average molecular weight is 427 g/mol. The highest BCUT2D eigenvalue weighted by Gasteiger charge is 2.21. The predicted octanol–water partition coefficient (Wildman–Crippen LogP) is 9.20. The molecular weight excluding hydrogens is 380 g/mol. The lowest BCUT2D eigenvalue weighted by Crippen LogP contribution is -2.13. The summed E-state index contributed by atoms with van der Waals surface area (Å²) in [6.45, 7) is 20.4. The molecule has 2 nitrogen and oxygen atoms in total. The molecule has 31 heavy (non-hydrogen) atoms. The van der Waals surface area contributed by atoms with Crippen molar-refractivity contribution >= 4 is 5.97 Å². The van der Waals surface area contributed by atoms with Crippen molar-refractivity contribution < 1.29 is 9.53 Å². The number of hydrogen-bond acceptors (Lipinski definition) is 2. The molecule has 0 heterocycles. The average Bonchev–Trinajstić information content (AvgIpc) is 2.80. The van der Waals surface area contributed by atoms with Gasteiger partial charge in [-0.2, -0.15) is 0 Å². The van der Waals surface area contributed by atoms with Gasteiger partial charge in [-0.25, -0.2) is 4.79 Å². The SMILES string of the molecule is CC.CC.CC.Cc1ccc(OC(=O)c2ccc(C3CCC(C)CC3)cc2C)cc1C. The van der Waals surface area contributed by atoms with Crippen molar-refractivity contribution in [2.75, 3.05) is 0 Å². The molecule has 0 atom stereocenters. The van der Waals surface area contributed by atoms with Crippen molar-refractivity contribution in [3.8, 4) is 5.75 Å². The van der Waals surface area contributed by atoms with E-state index < -0.39 is 0 Å². The number of carbonyl (C=O) groups excluding carboxylic acids is 1. The number of ether oxygens (including phenoxy) is 1. The largest absolute Gasteiger partial charge is 0.423 e. The first-order valence-corrected chi connectivity index (χ1v) is 12.3. The van der Waals surface area contributed by atoms with Crippen LogP contribution in [0, 0.1) is 26.7 Å². The van der Waals surface area contributed by atoms with Gasteiger partial charge >= 0.3 is 5.97 Å². The van der Waals surface area contributed by atoms with E-state index in [2.05, 4.69) is 26.0 Å². The Hall–Kier alpha value is -2.09. The zero-order chi connectivity index (χ0) is 24.0.